The number of thioether (sulfide) groups is 1. The molecule has 0 radical (unpaired) electrons. The number of rotatable bonds is 6. The van der Waals surface area contributed by atoms with Crippen molar-refractivity contribution in [2.24, 2.45) is 5.41 Å². The van der Waals surface area contributed by atoms with Gasteiger partial charge in [0.25, 0.3) is 0 Å². The maximum atomic E-state index is 5.07. The van der Waals surface area contributed by atoms with Gasteiger partial charge in [-0.2, -0.15) is 11.8 Å². The second kappa shape index (κ2) is 7.13. The van der Waals surface area contributed by atoms with Crippen LogP contribution in [-0.2, 0) is 4.74 Å². The Hall–Kier alpha value is 0.790. The molecule has 1 aliphatic rings. The predicted octanol–water partition coefficient (Wildman–Crippen LogP) is 3.71. The van der Waals surface area contributed by atoms with Crippen molar-refractivity contribution in [1.29, 1.82) is 0 Å². The van der Waals surface area contributed by atoms with Crippen LogP contribution in [0.5, 0.6) is 0 Å². The summed E-state index contributed by atoms with van der Waals surface area (Å²) < 4.78 is 5.07. The molecular formula is C11H21BrOS. The predicted molar refractivity (Wildman–Crippen MR) is 68.5 cm³/mol. The molecule has 1 aliphatic carbocycles. The molecule has 0 aliphatic heterocycles. The van der Waals surface area contributed by atoms with Crippen molar-refractivity contribution in [3.05, 3.63) is 0 Å². The molecule has 1 fully saturated rings. The molecule has 3 heteroatoms. The fraction of sp³-hybridized carbons (Fsp3) is 1.00. The summed E-state index contributed by atoms with van der Waals surface area (Å²) in [6, 6.07) is 0. The summed E-state index contributed by atoms with van der Waals surface area (Å²) in [5.41, 5.74) is 0.594. The first-order chi connectivity index (χ1) is 6.83. The van der Waals surface area contributed by atoms with Gasteiger partial charge in [0.1, 0.15) is 0 Å². The normalized spacial score (nSPS) is 21.0. The van der Waals surface area contributed by atoms with Crippen LogP contribution in [0.15, 0.2) is 0 Å². The number of hydrogen-bond donors (Lipinski definition) is 0. The summed E-state index contributed by atoms with van der Waals surface area (Å²) in [5, 5.41) is 1.18. The summed E-state index contributed by atoms with van der Waals surface area (Å²) in [6.07, 6.45) is 7.13. The SMILES string of the molecule is COCCSCC1(CBr)CCCCC1. The molecule has 1 nitrogen and oxygen atoms in total. The van der Waals surface area contributed by atoms with Crippen LogP contribution in [0.25, 0.3) is 0 Å². The van der Waals surface area contributed by atoms with E-state index in [1.165, 1.54) is 43.2 Å². The molecule has 1 rings (SSSR count). The van der Waals surface area contributed by atoms with Crippen LogP contribution in [0.4, 0.5) is 0 Å². The fourth-order valence-electron chi connectivity index (χ4n) is 2.05. The standard InChI is InChI=1S/C11H21BrOS/c1-13-7-8-14-10-11(9-12)5-3-2-4-6-11/h2-10H2,1H3. The average molecular weight is 281 g/mol. The minimum Gasteiger partial charge on any atom is -0.384 e. The van der Waals surface area contributed by atoms with Gasteiger partial charge in [0.15, 0.2) is 0 Å². The molecule has 0 unspecified atom stereocenters. The first-order valence-electron chi connectivity index (χ1n) is 5.46. The summed E-state index contributed by atoms with van der Waals surface area (Å²) in [6.45, 7) is 0.892. The highest BCUT2D eigenvalue weighted by Crippen LogP contribution is 2.40. The maximum Gasteiger partial charge on any atom is 0.0552 e. The highest BCUT2D eigenvalue weighted by molar-refractivity contribution is 9.09. The van der Waals surface area contributed by atoms with E-state index < -0.39 is 0 Å². The molecule has 0 bridgehead atoms. The molecule has 0 N–H and O–H groups in total. The molecule has 0 aromatic rings. The summed E-state index contributed by atoms with van der Waals surface area (Å²) >= 11 is 5.75. The highest BCUT2D eigenvalue weighted by Gasteiger charge is 2.30. The van der Waals surface area contributed by atoms with Crippen molar-refractivity contribution >= 4 is 27.7 Å². The van der Waals surface area contributed by atoms with E-state index in [1.807, 2.05) is 0 Å². The van der Waals surface area contributed by atoms with E-state index in [2.05, 4.69) is 27.7 Å². The quantitative estimate of drug-likeness (QED) is 0.542. The zero-order valence-electron chi connectivity index (χ0n) is 9.06. The van der Waals surface area contributed by atoms with Crippen molar-refractivity contribution in [2.75, 3.05) is 30.6 Å². The summed E-state index contributed by atoms with van der Waals surface area (Å²) in [7, 11) is 1.78. The van der Waals surface area contributed by atoms with Crippen LogP contribution in [0.2, 0.25) is 0 Å². The molecule has 0 spiro atoms. The summed E-state index contributed by atoms with van der Waals surface area (Å²) in [4.78, 5) is 0. The van der Waals surface area contributed by atoms with Crippen LogP contribution < -0.4 is 0 Å². The van der Waals surface area contributed by atoms with E-state index in [1.54, 1.807) is 7.11 Å². The lowest BCUT2D eigenvalue weighted by Gasteiger charge is -2.35. The average Bonchev–Trinajstić information content (AvgIpc) is 2.26. The smallest absolute Gasteiger partial charge is 0.0552 e. The first-order valence-corrected chi connectivity index (χ1v) is 7.73. The largest absolute Gasteiger partial charge is 0.384 e. The van der Waals surface area contributed by atoms with Gasteiger partial charge in [-0.15, -0.1) is 0 Å². The Morgan fingerprint density at radius 3 is 2.57 bits per heavy atom. The zero-order valence-corrected chi connectivity index (χ0v) is 11.5. The monoisotopic (exact) mass is 280 g/mol. The number of ether oxygens (including phenoxy) is 1. The van der Waals surface area contributed by atoms with Crippen LogP contribution in [0, 0.1) is 5.41 Å². The molecule has 0 heterocycles. The van der Waals surface area contributed by atoms with Crippen LogP contribution >= 0.6 is 27.7 Å². The molecule has 0 saturated heterocycles. The van der Waals surface area contributed by atoms with Crippen molar-refractivity contribution in [3.8, 4) is 0 Å². The first kappa shape index (κ1) is 12.9. The maximum absolute atomic E-state index is 5.07. The van der Waals surface area contributed by atoms with E-state index in [9.17, 15) is 0 Å². The Kier molecular flexibility index (Phi) is 6.55. The second-order valence-electron chi connectivity index (χ2n) is 4.24. The topological polar surface area (TPSA) is 9.23 Å². The van der Waals surface area contributed by atoms with Crippen LogP contribution in [0.1, 0.15) is 32.1 Å². The molecule has 0 amide bonds. The van der Waals surface area contributed by atoms with Crippen molar-refractivity contribution in [3.63, 3.8) is 0 Å². The highest BCUT2D eigenvalue weighted by atomic mass is 79.9. The Labute approximate surface area is 100 Å². The van der Waals surface area contributed by atoms with Crippen molar-refractivity contribution in [1.82, 2.24) is 0 Å². The second-order valence-corrected chi connectivity index (χ2v) is 5.91. The van der Waals surface area contributed by atoms with Gasteiger partial charge in [-0.25, -0.2) is 0 Å². The third-order valence-corrected chi connectivity index (χ3v) is 5.50. The molecule has 0 atom stereocenters. The lowest BCUT2D eigenvalue weighted by atomic mass is 9.77. The van der Waals surface area contributed by atoms with Gasteiger partial charge in [0, 0.05) is 18.2 Å². The van der Waals surface area contributed by atoms with Gasteiger partial charge in [-0.1, -0.05) is 35.2 Å². The lowest BCUT2D eigenvalue weighted by Crippen LogP contribution is -2.28. The van der Waals surface area contributed by atoms with E-state index in [0.29, 0.717) is 5.41 Å². The van der Waals surface area contributed by atoms with E-state index in [4.69, 9.17) is 4.74 Å². The van der Waals surface area contributed by atoms with E-state index in [-0.39, 0.29) is 0 Å². The fourth-order valence-corrected chi connectivity index (χ4v) is 4.32. The third kappa shape index (κ3) is 4.11. The number of methoxy groups -OCH3 is 1. The molecule has 14 heavy (non-hydrogen) atoms. The van der Waals surface area contributed by atoms with Crippen LogP contribution in [-0.4, -0.2) is 30.6 Å². The molecule has 1 saturated carbocycles. The van der Waals surface area contributed by atoms with Gasteiger partial charge in [-0.05, 0) is 24.0 Å². The Morgan fingerprint density at radius 1 is 1.29 bits per heavy atom. The van der Waals surface area contributed by atoms with Crippen molar-refractivity contribution in [2.45, 2.75) is 32.1 Å². The third-order valence-electron chi connectivity index (χ3n) is 3.04. The minimum absolute atomic E-state index is 0.594. The zero-order chi connectivity index (χ0) is 10.3. The Bertz CT molecular complexity index is 146. The summed E-state index contributed by atoms with van der Waals surface area (Å²) in [5.74, 6) is 2.45. The molecule has 0 aromatic heterocycles. The van der Waals surface area contributed by atoms with Gasteiger partial charge in [0.05, 0.1) is 6.61 Å². The molecule has 84 valence electrons. The molecular weight excluding hydrogens is 260 g/mol. The number of halogens is 1. The lowest BCUT2D eigenvalue weighted by molar-refractivity contribution is 0.218. The van der Waals surface area contributed by atoms with Gasteiger partial charge in [-0.3, -0.25) is 0 Å². The Balaban J connectivity index is 2.22. The van der Waals surface area contributed by atoms with E-state index >= 15 is 0 Å². The number of hydrogen-bond acceptors (Lipinski definition) is 2. The minimum atomic E-state index is 0.594. The number of alkyl halides is 1. The van der Waals surface area contributed by atoms with Crippen LogP contribution in [0.3, 0.4) is 0 Å². The van der Waals surface area contributed by atoms with Crippen molar-refractivity contribution < 1.29 is 4.74 Å². The van der Waals surface area contributed by atoms with Gasteiger partial charge >= 0.3 is 0 Å². The Morgan fingerprint density at radius 2 is 2.00 bits per heavy atom. The van der Waals surface area contributed by atoms with Gasteiger partial charge < -0.3 is 4.74 Å². The van der Waals surface area contributed by atoms with E-state index in [0.717, 1.165) is 12.4 Å². The van der Waals surface area contributed by atoms with Gasteiger partial charge in [0.2, 0.25) is 0 Å². The molecule has 0 aromatic carbocycles.